The molecule has 0 aromatic heterocycles. The first kappa shape index (κ1) is 14.3. The second-order valence-electron chi connectivity index (χ2n) is 4.43. The van der Waals surface area contributed by atoms with Crippen LogP contribution in [0, 0.1) is 17.1 Å². The minimum atomic E-state index is -3.78. The van der Waals surface area contributed by atoms with E-state index in [2.05, 4.69) is 4.72 Å². The van der Waals surface area contributed by atoms with Crippen molar-refractivity contribution < 1.29 is 12.8 Å². The van der Waals surface area contributed by atoms with E-state index in [0.717, 1.165) is 31.0 Å². The Kier molecular flexibility index (Phi) is 4.09. The van der Waals surface area contributed by atoms with Gasteiger partial charge in [0.05, 0.1) is 10.5 Å². The van der Waals surface area contributed by atoms with Crippen LogP contribution in [0.3, 0.4) is 0 Å². The van der Waals surface area contributed by atoms with E-state index in [1.807, 2.05) is 0 Å². The number of alkyl halides is 1. The van der Waals surface area contributed by atoms with Crippen molar-refractivity contribution in [1.82, 2.24) is 4.72 Å². The third kappa shape index (κ3) is 3.06. The largest absolute Gasteiger partial charge is 0.240 e. The lowest BCUT2D eigenvalue weighted by Crippen LogP contribution is -2.37. The molecule has 1 fully saturated rings. The highest BCUT2D eigenvalue weighted by molar-refractivity contribution is 7.89. The number of nitrogens with zero attached hydrogens (tertiary/aromatic N) is 1. The topological polar surface area (TPSA) is 70.0 Å². The number of hydrogen-bond donors (Lipinski definition) is 1. The number of nitriles is 1. The van der Waals surface area contributed by atoms with E-state index >= 15 is 0 Å². The molecule has 1 aromatic rings. The Morgan fingerprint density at radius 3 is 2.74 bits per heavy atom. The van der Waals surface area contributed by atoms with E-state index in [1.165, 1.54) is 0 Å². The van der Waals surface area contributed by atoms with Crippen molar-refractivity contribution in [2.75, 3.05) is 0 Å². The fourth-order valence-electron chi connectivity index (χ4n) is 2.07. The number of rotatable bonds is 3. The lowest BCUT2D eigenvalue weighted by atomic mass is 10.2. The summed E-state index contributed by atoms with van der Waals surface area (Å²) in [7, 11) is -3.78. The van der Waals surface area contributed by atoms with E-state index in [-0.39, 0.29) is 21.9 Å². The summed E-state index contributed by atoms with van der Waals surface area (Å²) in [5.41, 5.74) is -0.295. The van der Waals surface area contributed by atoms with Gasteiger partial charge in [-0.2, -0.15) is 5.26 Å². The molecule has 19 heavy (non-hydrogen) atoms. The van der Waals surface area contributed by atoms with Gasteiger partial charge in [0.25, 0.3) is 0 Å². The second-order valence-corrected chi connectivity index (χ2v) is 6.70. The van der Waals surface area contributed by atoms with Crippen LogP contribution in [0.5, 0.6) is 0 Å². The number of sulfonamides is 1. The quantitative estimate of drug-likeness (QED) is 0.870. The van der Waals surface area contributed by atoms with Crippen LogP contribution >= 0.6 is 11.6 Å². The highest BCUT2D eigenvalue weighted by Crippen LogP contribution is 2.26. The Labute approximate surface area is 116 Å². The Morgan fingerprint density at radius 2 is 2.16 bits per heavy atom. The molecule has 1 aromatic carbocycles. The van der Waals surface area contributed by atoms with Gasteiger partial charge in [-0.1, -0.05) is 6.42 Å². The monoisotopic (exact) mass is 302 g/mol. The van der Waals surface area contributed by atoms with Gasteiger partial charge in [0.2, 0.25) is 10.0 Å². The predicted molar refractivity (Wildman–Crippen MR) is 68.7 cm³/mol. The summed E-state index contributed by atoms with van der Waals surface area (Å²) in [6.45, 7) is 0. The molecule has 0 amide bonds. The first-order chi connectivity index (χ1) is 8.94. The van der Waals surface area contributed by atoms with Crippen LogP contribution in [-0.4, -0.2) is 19.8 Å². The van der Waals surface area contributed by atoms with E-state index in [1.54, 1.807) is 6.07 Å². The van der Waals surface area contributed by atoms with Gasteiger partial charge in [-0.05, 0) is 31.0 Å². The van der Waals surface area contributed by atoms with E-state index in [4.69, 9.17) is 16.9 Å². The van der Waals surface area contributed by atoms with Gasteiger partial charge >= 0.3 is 0 Å². The number of nitrogens with one attached hydrogen (secondary N) is 1. The molecule has 1 saturated carbocycles. The molecule has 1 aliphatic carbocycles. The summed E-state index contributed by atoms with van der Waals surface area (Å²) in [6.07, 6.45) is 2.32. The molecular weight excluding hydrogens is 291 g/mol. The first-order valence-corrected chi connectivity index (χ1v) is 7.72. The van der Waals surface area contributed by atoms with Crippen molar-refractivity contribution in [3.63, 3.8) is 0 Å². The van der Waals surface area contributed by atoms with Gasteiger partial charge in [-0.25, -0.2) is 17.5 Å². The maximum Gasteiger partial charge on any atom is 0.240 e. The molecule has 0 heterocycles. The second kappa shape index (κ2) is 5.45. The average molecular weight is 303 g/mol. The molecule has 4 nitrogen and oxygen atoms in total. The zero-order valence-electron chi connectivity index (χ0n) is 9.94. The van der Waals surface area contributed by atoms with Crippen molar-refractivity contribution in [2.45, 2.75) is 35.6 Å². The van der Waals surface area contributed by atoms with Crippen LogP contribution in [0.2, 0.25) is 0 Å². The van der Waals surface area contributed by atoms with Gasteiger partial charge in [0, 0.05) is 11.4 Å². The van der Waals surface area contributed by atoms with Gasteiger partial charge < -0.3 is 0 Å². The first-order valence-electron chi connectivity index (χ1n) is 5.80. The average Bonchev–Trinajstić information content (AvgIpc) is 2.74. The summed E-state index contributed by atoms with van der Waals surface area (Å²) >= 11 is 6.02. The fourth-order valence-corrected chi connectivity index (χ4v) is 3.83. The van der Waals surface area contributed by atoms with Crippen molar-refractivity contribution >= 4 is 21.6 Å². The molecule has 1 aliphatic rings. The van der Waals surface area contributed by atoms with Gasteiger partial charge in [-0.3, -0.25) is 0 Å². The van der Waals surface area contributed by atoms with E-state index in [0.29, 0.717) is 6.42 Å². The maximum absolute atomic E-state index is 13.2. The molecule has 7 heteroatoms. The summed E-state index contributed by atoms with van der Waals surface area (Å²) in [6, 6.07) is 4.43. The van der Waals surface area contributed by atoms with E-state index < -0.39 is 15.8 Å². The van der Waals surface area contributed by atoms with Crippen molar-refractivity contribution in [2.24, 2.45) is 0 Å². The molecular formula is C12H12ClFN2O2S. The maximum atomic E-state index is 13.2. The molecule has 2 atom stereocenters. The Hall–Kier alpha value is -1.16. The molecule has 2 rings (SSSR count). The molecule has 2 unspecified atom stereocenters. The van der Waals surface area contributed by atoms with Crippen molar-refractivity contribution in [1.29, 1.82) is 5.26 Å². The number of hydrogen-bond acceptors (Lipinski definition) is 3. The standard InChI is InChI=1S/C12H12ClFN2O2S/c13-10-2-1-3-12(10)16-19(17,18)9-4-5-11(14)8(6-9)7-15/h4-6,10,12,16H,1-3H2. The molecule has 102 valence electrons. The fraction of sp³-hybridized carbons (Fsp3) is 0.417. The lowest BCUT2D eigenvalue weighted by Gasteiger charge is -2.16. The van der Waals surface area contributed by atoms with Crippen LogP contribution in [0.15, 0.2) is 23.1 Å². The van der Waals surface area contributed by atoms with Crippen molar-refractivity contribution in [3.05, 3.63) is 29.6 Å². The lowest BCUT2D eigenvalue weighted by molar-refractivity contribution is 0.553. The van der Waals surface area contributed by atoms with Crippen LogP contribution in [-0.2, 0) is 10.0 Å². The van der Waals surface area contributed by atoms with Crippen LogP contribution in [0.25, 0.3) is 0 Å². The zero-order valence-corrected chi connectivity index (χ0v) is 11.5. The predicted octanol–water partition coefficient (Wildman–Crippen LogP) is 2.14. The molecule has 1 N–H and O–H groups in total. The SMILES string of the molecule is N#Cc1cc(S(=O)(=O)NC2CCCC2Cl)ccc1F. The molecule has 0 saturated heterocycles. The Morgan fingerprint density at radius 1 is 1.42 bits per heavy atom. The third-order valence-electron chi connectivity index (χ3n) is 3.11. The van der Waals surface area contributed by atoms with Crippen molar-refractivity contribution in [3.8, 4) is 6.07 Å². The normalized spacial score (nSPS) is 23.2. The summed E-state index contributed by atoms with van der Waals surface area (Å²) < 4.78 is 39.9. The third-order valence-corrected chi connectivity index (χ3v) is 5.12. The molecule has 0 spiro atoms. The summed E-state index contributed by atoms with van der Waals surface area (Å²) in [5, 5.41) is 8.48. The van der Waals surface area contributed by atoms with Crippen LogP contribution in [0.1, 0.15) is 24.8 Å². The Balaban J connectivity index is 2.27. The minimum Gasteiger partial charge on any atom is -0.207 e. The van der Waals surface area contributed by atoms with E-state index in [9.17, 15) is 12.8 Å². The zero-order chi connectivity index (χ0) is 14.0. The Bertz CT molecular complexity index is 627. The van der Waals surface area contributed by atoms with Crippen LogP contribution in [0.4, 0.5) is 4.39 Å². The number of halogens is 2. The van der Waals surface area contributed by atoms with Gasteiger partial charge in [-0.15, -0.1) is 11.6 Å². The summed E-state index contributed by atoms with van der Waals surface area (Å²) in [4.78, 5) is -0.124. The highest BCUT2D eigenvalue weighted by atomic mass is 35.5. The smallest absolute Gasteiger partial charge is 0.207 e. The van der Waals surface area contributed by atoms with Gasteiger partial charge in [0.15, 0.2) is 0 Å². The summed E-state index contributed by atoms with van der Waals surface area (Å²) in [5.74, 6) is -0.738. The van der Waals surface area contributed by atoms with Crippen LogP contribution < -0.4 is 4.72 Å². The number of benzene rings is 1. The molecule has 0 aliphatic heterocycles. The molecule has 0 radical (unpaired) electrons. The molecule has 0 bridgehead atoms. The minimum absolute atomic E-state index is 0.124. The van der Waals surface area contributed by atoms with Gasteiger partial charge in [0.1, 0.15) is 11.9 Å². The highest BCUT2D eigenvalue weighted by Gasteiger charge is 2.30.